The van der Waals surface area contributed by atoms with Crippen LogP contribution >= 0.6 is 15.9 Å². The molecule has 0 saturated heterocycles. The molecular weight excluding hydrogens is 272 g/mol. The molecule has 0 amide bonds. The van der Waals surface area contributed by atoms with E-state index in [1.807, 2.05) is 0 Å². The largest absolute Gasteiger partial charge is 0.481 e. The molecule has 0 aliphatic rings. The fourth-order valence-corrected chi connectivity index (χ4v) is 1.60. The van der Waals surface area contributed by atoms with Crippen LogP contribution < -0.4 is 5.73 Å². The number of halogens is 3. The maximum Gasteiger partial charge on any atom is 0.305 e. The molecule has 0 aromatic heterocycles. The lowest BCUT2D eigenvalue weighted by atomic mass is 10.0. The summed E-state index contributed by atoms with van der Waals surface area (Å²) in [5.41, 5.74) is 4.97. The number of hydrogen-bond acceptors (Lipinski definition) is 2. The van der Waals surface area contributed by atoms with E-state index < -0.39 is 35.6 Å². The Bertz CT molecular complexity index is 375. The van der Waals surface area contributed by atoms with Gasteiger partial charge in [0, 0.05) is 16.1 Å². The third-order valence-electron chi connectivity index (χ3n) is 1.81. The average molecular weight is 280 g/mol. The predicted octanol–water partition coefficient (Wildman–Crippen LogP) is 2.20. The summed E-state index contributed by atoms with van der Waals surface area (Å²) in [7, 11) is 0. The van der Waals surface area contributed by atoms with Gasteiger partial charge in [-0.3, -0.25) is 4.79 Å². The topological polar surface area (TPSA) is 63.3 Å². The third-order valence-corrected chi connectivity index (χ3v) is 2.27. The van der Waals surface area contributed by atoms with Crippen LogP contribution in [0.1, 0.15) is 18.0 Å². The second-order valence-corrected chi connectivity index (χ2v) is 3.90. The van der Waals surface area contributed by atoms with Crippen molar-refractivity contribution in [3.63, 3.8) is 0 Å². The minimum absolute atomic E-state index is 0.240. The second kappa shape index (κ2) is 4.67. The highest BCUT2D eigenvalue weighted by Gasteiger charge is 2.19. The Labute approximate surface area is 93.0 Å². The zero-order valence-corrected chi connectivity index (χ0v) is 9.09. The van der Waals surface area contributed by atoms with Gasteiger partial charge in [-0.05, 0) is 12.1 Å². The Morgan fingerprint density at radius 1 is 1.47 bits per heavy atom. The van der Waals surface area contributed by atoms with Crippen LogP contribution in [0, 0.1) is 11.6 Å². The molecule has 0 spiro atoms. The molecule has 3 N–H and O–H groups in total. The summed E-state index contributed by atoms with van der Waals surface area (Å²) in [5.74, 6) is -2.91. The quantitative estimate of drug-likeness (QED) is 0.892. The highest BCUT2D eigenvalue weighted by Crippen LogP contribution is 2.25. The molecule has 0 bridgehead atoms. The van der Waals surface area contributed by atoms with E-state index in [4.69, 9.17) is 10.8 Å². The summed E-state index contributed by atoms with van der Waals surface area (Å²) in [5, 5.41) is 8.45. The number of rotatable bonds is 3. The molecule has 0 aliphatic carbocycles. The van der Waals surface area contributed by atoms with Crippen molar-refractivity contribution in [2.24, 2.45) is 5.73 Å². The number of carboxylic acids is 1. The maximum atomic E-state index is 13.3. The van der Waals surface area contributed by atoms with Crippen molar-refractivity contribution < 1.29 is 18.7 Å². The average Bonchev–Trinajstić information content (AvgIpc) is 1.99. The molecular formula is C9H8BrF2NO2. The second-order valence-electron chi connectivity index (χ2n) is 2.99. The number of benzene rings is 1. The monoisotopic (exact) mass is 279 g/mol. The summed E-state index contributed by atoms with van der Waals surface area (Å²) >= 11 is 2.91. The predicted molar refractivity (Wildman–Crippen MR) is 53.2 cm³/mol. The Morgan fingerprint density at radius 3 is 2.33 bits per heavy atom. The van der Waals surface area contributed by atoms with Crippen LogP contribution in [0.15, 0.2) is 16.6 Å². The van der Waals surface area contributed by atoms with Gasteiger partial charge >= 0.3 is 5.97 Å². The normalized spacial score (nSPS) is 12.5. The van der Waals surface area contributed by atoms with Crippen LogP contribution in [0.2, 0.25) is 0 Å². The highest BCUT2D eigenvalue weighted by molar-refractivity contribution is 9.10. The van der Waals surface area contributed by atoms with Crippen molar-refractivity contribution in [3.05, 3.63) is 33.8 Å². The first-order chi connectivity index (χ1) is 6.91. The molecule has 0 radical (unpaired) electrons. The zero-order valence-electron chi connectivity index (χ0n) is 7.51. The van der Waals surface area contributed by atoms with Crippen LogP contribution in [0.4, 0.5) is 8.78 Å². The van der Waals surface area contributed by atoms with Crippen LogP contribution in [-0.4, -0.2) is 11.1 Å². The van der Waals surface area contributed by atoms with Crippen molar-refractivity contribution in [1.82, 2.24) is 0 Å². The number of hydrogen-bond donors (Lipinski definition) is 2. The lowest BCUT2D eigenvalue weighted by molar-refractivity contribution is -0.137. The van der Waals surface area contributed by atoms with Crippen LogP contribution in [-0.2, 0) is 4.79 Å². The molecule has 1 atom stereocenters. The van der Waals surface area contributed by atoms with Crippen molar-refractivity contribution in [3.8, 4) is 0 Å². The van der Waals surface area contributed by atoms with Gasteiger partial charge in [-0.1, -0.05) is 15.9 Å². The zero-order chi connectivity index (χ0) is 11.6. The molecule has 0 saturated carbocycles. The molecule has 82 valence electrons. The first kappa shape index (κ1) is 12.1. The molecule has 1 aromatic rings. The fourth-order valence-electron chi connectivity index (χ4n) is 1.20. The van der Waals surface area contributed by atoms with Crippen molar-refractivity contribution in [1.29, 1.82) is 0 Å². The molecule has 6 heteroatoms. The van der Waals surface area contributed by atoms with E-state index >= 15 is 0 Å². The number of nitrogens with two attached hydrogens (primary N) is 1. The van der Waals surface area contributed by atoms with Gasteiger partial charge in [-0.2, -0.15) is 0 Å². The number of carboxylic acid groups (broad SMARTS) is 1. The summed E-state index contributed by atoms with van der Waals surface area (Å²) in [6.45, 7) is 0. The molecule has 0 unspecified atom stereocenters. The molecule has 0 fully saturated rings. The van der Waals surface area contributed by atoms with Gasteiger partial charge in [0.15, 0.2) is 0 Å². The molecule has 1 rings (SSSR count). The Kier molecular flexibility index (Phi) is 3.76. The van der Waals surface area contributed by atoms with E-state index in [1.54, 1.807) is 0 Å². The van der Waals surface area contributed by atoms with Gasteiger partial charge in [-0.15, -0.1) is 0 Å². The summed E-state index contributed by atoms with van der Waals surface area (Å²) in [6, 6.07) is 0.899. The molecule has 1 aromatic carbocycles. The SMILES string of the molecule is N[C@H](CC(=O)O)c1c(F)cc(Br)cc1F. The lowest BCUT2D eigenvalue weighted by Gasteiger charge is -2.11. The minimum atomic E-state index is -1.20. The first-order valence-electron chi connectivity index (χ1n) is 4.03. The van der Waals surface area contributed by atoms with E-state index in [0.717, 1.165) is 12.1 Å². The van der Waals surface area contributed by atoms with Crippen LogP contribution in [0.5, 0.6) is 0 Å². The van der Waals surface area contributed by atoms with Gasteiger partial charge in [0.1, 0.15) is 11.6 Å². The lowest BCUT2D eigenvalue weighted by Crippen LogP contribution is -2.18. The Balaban J connectivity index is 3.08. The van der Waals surface area contributed by atoms with Crippen LogP contribution in [0.3, 0.4) is 0 Å². The fraction of sp³-hybridized carbons (Fsp3) is 0.222. The first-order valence-corrected chi connectivity index (χ1v) is 4.83. The maximum absolute atomic E-state index is 13.3. The minimum Gasteiger partial charge on any atom is -0.481 e. The van der Waals surface area contributed by atoms with Crippen LogP contribution in [0.25, 0.3) is 0 Å². The van der Waals surface area contributed by atoms with E-state index in [0.29, 0.717) is 0 Å². The van der Waals surface area contributed by atoms with E-state index in [9.17, 15) is 13.6 Å². The van der Waals surface area contributed by atoms with E-state index in [1.165, 1.54) is 0 Å². The summed E-state index contributed by atoms with van der Waals surface area (Å²) in [6.07, 6.45) is -0.518. The molecule has 3 nitrogen and oxygen atoms in total. The van der Waals surface area contributed by atoms with Crippen molar-refractivity contribution in [2.45, 2.75) is 12.5 Å². The van der Waals surface area contributed by atoms with Gasteiger partial charge in [-0.25, -0.2) is 8.78 Å². The van der Waals surface area contributed by atoms with Gasteiger partial charge < -0.3 is 10.8 Å². The number of aliphatic carboxylic acids is 1. The molecule has 0 aliphatic heterocycles. The van der Waals surface area contributed by atoms with Crippen molar-refractivity contribution in [2.75, 3.05) is 0 Å². The Hall–Kier alpha value is -1.01. The summed E-state index contributed by atoms with van der Waals surface area (Å²) in [4.78, 5) is 10.3. The van der Waals surface area contributed by atoms with E-state index in [2.05, 4.69) is 15.9 Å². The number of carbonyl (C=O) groups is 1. The Morgan fingerprint density at radius 2 is 1.93 bits per heavy atom. The van der Waals surface area contributed by atoms with Crippen molar-refractivity contribution >= 4 is 21.9 Å². The van der Waals surface area contributed by atoms with Gasteiger partial charge in [0.25, 0.3) is 0 Å². The molecule has 0 heterocycles. The summed E-state index contributed by atoms with van der Waals surface area (Å²) < 4.78 is 26.8. The molecule has 15 heavy (non-hydrogen) atoms. The smallest absolute Gasteiger partial charge is 0.305 e. The standard InChI is InChI=1S/C9H8BrF2NO2/c10-4-1-5(11)9(6(12)2-4)7(13)3-8(14)15/h1-2,7H,3,13H2,(H,14,15)/t7-/m1/s1. The van der Waals surface area contributed by atoms with Gasteiger partial charge in [0.05, 0.1) is 6.42 Å². The third kappa shape index (κ3) is 2.97. The van der Waals surface area contributed by atoms with E-state index in [-0.39, 0.29) is 4.47 Å². The highest BCUT2D eigenvalue weighted by atomic mass is 79.9. The van der Waals surface area contributed by atoms with Gasteiger partial charge in [0.2, 0.25) is 0 Å².